The topological polar surface area (TPSA) is 68.0 Å². The highest BCUT2D eigenvalue weighted by molar-refractivity contribution is 5.98. The predicted molar refractivity (Wildman–Crippen MR) is 65.1 cm³/mol. The van der Waals surface area contributed by atoms with E-state index in [1.54, 1.807) is 12.3 Å². The highest BCUT2D eigenvalue weighted by Crippen LogP contribution is 2.08. The first-order chi connectivity index (χ1) is 7.61. The lowest BCUT2D eigenvalue weighted by Crippen LogP contribution is -2.25. The highest BCUT2D eigenvalue weighted by Gasteiger charge is 2.08. The van der Waals surface area contributed by atoms with E-state index >= 15 is 0 Å². The summed E-state index contributed by atoms with van der Waals surface area (Å²) in [6, 6.07) is 1.63. The van der Waals surface area contributed by atoms with Crippen LogP contribution >= 0.6 is 0 Å². The van der Waals surface area contributed by atoms with E-state index < -0.39 is 0 Å². The monoisotopic (exact) mass is 221 g/mol. The van der Waals surface area contributed by atoms with Crippen LogP contribution in [0, 0.1) is 5.92 Å². The number of carbonyl (C=O) groups excluding carboxylic acids is 1. The van der Waals surface area contributed by atoms with Gasteiger partial charge >= 0.3 is 0 Å². The summed E-state index contributed by atoms with van der Waals surface area (Å²) in [5.41, 5.74) is 6.59. The molecular formula is C12H19N3O. The summed E-state index contributed by atoms with van der Waals surface area (Å²) in [5, 5.41) is 2.84. The van der Waals surface area contributed by atoms with E-state index in [1.807, 2.05) is 0 Å². The van der Waals surface area contributed by atoms with Gasteiger partial charge < -0.3 is 11.1 Å². The summed E-state index contributed by atoms with van der Waals surface area (Å²) in [5.74, 6) is 0.523. The molecule has 0 aliphatic heterocycles. The van der Waals surface area contributed by atoms with Gasteiger partial charge in [0.15, 0.2) is 0 Å². The van der Waals surface area contributed by atoms with Crippen molar-refractivity contribution in [3.8, 4) is 0 Å². The van der Waals surface area contributed by atoms with E-state index in [-0.39, 0.29) is 5.91 Å². The Morgan fingerprint density at radius 3 is 2.94 bits per heavy atom. The van der Waals surface area contributed by atoms with Crippen LogP contribution in [0.25, 0.3) is 0 Å². The van der Waals surface area contributed by atoms with Gasteiger partial charge in [0.2, 0.25) is 0 Å². The maximum Gasteiger partial charge on any atom is 0.254 e. The fourth-order valence-electron chi connectivity index (χ4n) is 1.40. The quantitative estimate of drug-likeness (QED) is 0.745. The number of nitrogens with one attached hydrogen (secondary N) is 1. The van der Waals surface area contributed by atoms with E-state index in [0.29, 0.717) is 23.7 Å². The molecule has 1 amide bonds. The molecule has 0 aliphatic carbocycles. The number of hydrogen-bond acceptors (Lipinski definition) is 3. The number of anilines is 1. The normalized spacial score (nSPS) is 10.4. The Bertz CT molecular complexity index is 350. The maximum absolute atomic E-state index is 11.7. The first-order valence-electron chi connectivity index (χ1n) is 5.59. The molecule has 4 nitrogen and oxygen atoms in total. The molecule has 1 aromatic rings. The molecule has 0 bridgehead atoms. The van der Waals surface area contributed by atoms with E-state index in [1.165, 1.54) is 6.20 Å². The highest BCUT2D eigenvalue weighted by atomic mass is 16.1. The standard InChI is InChI=1S/C12H19N3O/c1-9(2)4-3-6-15-12(16)10-8-14-7-5-11(10)13/h5,7-9H,3-4,6H2,1-2H3,(H2,13,14)(H,15,16). The van der Waals surface area contributed by atoms with Gasteiger partial charge in [-0.15, -0.1) is 0 Å². The van der Waals surface area contributed by atoms with Crippen LogP contribution in [-0.4, -0.2) is 17.4 Å². The summed E-state index contributed by atoms with van der Waals surface area (Å²) in [4.78, 5) is 15.6. The van der Waals surface area contributed by atoms with E-state index in [4.69, 9.17) is 5.73 Å². The molecule has 0 fully saturated rings. The SMILES string of the molecule is CC(C)CCCNC(=O)c1cnccc1N. The predicted octanol–water partition coefficient (Wildman–Crippen LogP) is 1.83. The van der Waals surface area contributed by atoms with Gasteiger partial charge in [-0.1, -0.05) is 13.8 Å². The van der Waals surface area contributed by atoms with Crippen molar-refractivity contribution < 1.29 is 4.79 Å². The zero-order valence-corrected chi connectivity index (χ0v) is 9.86. The molecule has 16 heavy (non-hydrogen) atoms. The third-order valence-corrected chi connectivity index (χ3v) is 2.34. The largest absolute Gasteiger partial charge is 0.398 e. The van der Waals surface area contributed by atoms with Crippen molar-refractivity contribution in [1.82, 2.24) is 10.3 Å². The molecule has 1 aromatic heterocycles. The lowest BCUT2D eigenvalue weighted by Gasteiger charge is -2.07. The van der Waals surface area contributed by atoms with Gasteiger partial charge in [-0.2, -0.15) is 0 Å². The molecule has 1 rings (SSSR count). The Morgan fingerprint density at radius 1 is 1.56 bits per heavy atom. The average Bonchev–Trinajstić information content (AvgIpc) is 2.24. The third kappa shape index (κ3) is 3.88. The number of nitrogens with two attached hydrogens (primary N) is 1. The summed E-state index contributed by atoms with van der Waals surface area (Å²) in [6.07, 6.45) is 5.17. The first kappa shape index (κ1) is 12.5. The number of nitrogen functional groups attached to an aromatic ring is 1. The summed E-state index contributed by atoms with van der Waals surface area (Å²) >= 11 is 0. The number of pyridine rings is 1. The summed E-state index contributed by atoms with van der Waals surface area (Å²) in [7, 11) is 0. The van der Waals surface area contributed by atoms with Crippen LogP contribution in [-0.2, 0) is 0 Å². The van der Waals surface area contributed by atoms with E-state index in [2.05, 4.69) is 24.1 Å². The van der Waals surface area contributed by atoms with Crippen molar-refractivity contribution in [3.05, 3.63) is 24.0 Å². The zero-order chi connectivity index (χ0) is 12.0. The summed E-state index contributed by atoms with van der Waals surface area (Å²) in [6.45, 7) is 5.02. The number of amides is 1. The number of carbonyl (C=O) groups is 1. The van der Waals surface area contributed by atoms with Crippen LogP contribution < -0.4 is 11.1 Å². The van der Waals surface area contributed by atoms with Gasteiger partial charge in [0.1, 0.15) is 0 Å². The minimum absolute atomic E-state index is 0.144. The van der Waals surface area contributed by atoms with Gasteiger partial charge in [0.05, 0.1) is 5.56 Å². The Morgan fingerprint density at radius 2 is 2.31 bits per heavy atom. The van der Waals surface area contributed by atoms with Gasteiger partial charge in [-0.25, -0.2) is 0 Å². The fourth-order valence-corrected chi connectivity index (χ4v) is 1.40. The fraction of sp³-hybridized carbons (Fsp3) is 0.500. The number of hydrogen-bond donors (Lipinski definition) is 2. The molecule has 1 heterocycles. The molecule has 0 saturated carbocycles. The second-order valence-electron chi connectivity index (χ2n) is 4.25. The van der Waals surface area contributed by atoms with E-state index in [9.17, 15) is 4.79 Å². The Balaban J connectivity index is 2.39. The number of rotatable bonds is 5. The lowest BCUT2D eigenvalue weighted by molar-refractivity contribution is 0.0953. The smallest absolute Gasteiger partial charge is 0.254 e. The molecule has 0 aliphatic rings. The molecule has 0 saturated heterocycles. The molecule has 0 radical (unpaired) electrons. The average molecular weight is 221 g/mol. The minimum atomic E-state index is -0.144. The van der Waals surface area contributed by atoms with Crippen LogP contribution in [0.2, 0.25) is 0 Å². The van der Waals surface area contributed by atoms with Crippen molar-refractivity contribution in [3.63, 3.8) is 0 Å². The molecule has 3 N–H and O–H groups in total. The van der Waals surface area contributed by atoms with Crippen molar-refractivity contribution in [2.45, 2.75) is 26.7 Å². The van der Waals surface area contributed by atoms with E-state index in [0.717, 1.165) is 12.8 Å². The van der Waals surface area contributed by atoms with Crippen LogP contribution in [0.15, 0.2) is 18.5 Å². The maximum atomic E-state index is 11.7. The molecule has 88 valence electrons. The molecule has 4 heteroatoms. The van der Waals surface area contributed by atoms with Crippen LogP contribution in [0.5, 0.6) is 0 Å². The van der Waals surface area contributed by atoms with Crippen molar-refractivity contribution in [2.75, 3.05) is 12.3 Å². The van der Waals surface area contributed by atoms with Gasteiger partial charge in [0, 0.05) is 24.6 Å². The summed E-state index contributed by atoms with van der Waals surface area (Å²) < 4.78 is 0. The minimum Gasteiger partial charge on any atom is -0.398 e. The lowest BCUT2D eigenvalue weighted by atomic mass is 10.1. The molecule has 0 atom stereocenters. The van der Waals surface area contributed by atoms with Crippen molar-refractivity contribution >= 4 is 11.6 Å². The Hall–Kier alpha value is -1.58. The van der Waals surface area contributed by atoms with Crippen molar-refractivity contribution in [2.24, 2.45) is 5.92 Å². The first-order valence-corrected chi connectivity index (χ1v) is 5.59. The second-order valence-corrected chi connectivity index (χ2v) is 4.25. The Kier molecular flexibility index (Phi) is 4.76. The Labute approximate surface area is 96.3 Å². The van der Waals surface area contributed by atoms with Gasteiger partial charge in [0.25, 0.3) is 5.91 Å². The third-order valence-electron chi connectivity index (χ3n) is 2.34. The molecule has 0 spiro atoms. The second kappa shape index (κ2) is 6.10. The van der Waals surface area contributed by atoms with Crippen LogP contribution in [0.4, 0.5) is 5.69 Å². The van der Waals surface area contributed by atoms with Crippen LogP contribution in [0.3, 0.4) is 0 Å². The van der Waals surface area contributed by atoms with Crippen LogP contribution in [0.1, 0.15) is 37.0 Å². The van der Waals surface area contributed by atoms with Gasteiger partial charge in [-0.3, -0.25) is 9.78 Å². The zero-order valence-electron chi connectivity index (χ0n) is 9.86. The number of aromatic nitrogens is 1. The van der Waals surface area contributed by atoms with Crippen molar-refractivity contribution in [1.29, 1.82) is 0 Å². The number of nitrogens with zero attached hydrogens (tertiary/aromatic N) is 1. The molecule has 0 aromatic carbocycles. The van der Waals surface area contributed by atoms with Gasteiger partial charge in [-0.05, 0) is 24.8 Å². The molecular weight excluding hydrogens is 202 g/mol. The molecule has 0 unspecified atom stereocenters.